The number of ether oxygens (including phenoxy) is 2. The SMILES string of the molecule is COc1ccc(C(=O)N2CCN(Cc3c(F)cccc3Cl)CC2)c(OC)c1. The van der Waals surface area contributed by atoms with E-state index in [4.69, 9.17) is 21.1 Å². The van der Waals surface area contributed by atoms with E-state index in [1.54, 1.807) is 42.3 Å². The molecule has 2 aromatic carbocycles. The lowest BCUT2D eigenvalue weighted by Crippen LogP contribution is -2.48. The van der Waals surface area contributed by atoms with Gasteiger partial charge >= 0.3 is 0 Å². The first-order valence-electron chi connectivity index (χ1n) is 8.70. The molecule has 1 aliphatic rings. The van der Waals surface area contributed by atoms with Crippen LogP contribution in [0.15, 0.2) is 36.4 Å². The fraction of sp³-hybridized carbons (Fsp3) is 0.350. The van der Waals surface area contributed by atoms with E-state index >= 15 is 0 Å². The molecule has 2 aromatic rings. The van der Waals surface area contributed by atoms with Crippen LogP contribution in [0.25, 0.3) is 0 Å². The number of amides is 1. The van der Waals surface area contributed by atoms with Gasteiger partial charge in [0.1, 0.15) is 17.3 Å². The molecule has 0 unspecified atom stereocenters. The predicted octanol–water partition coefficient (Wildman–Crippen LogP) is 3.45. The van der Waals surface area contributed by atoms with Gasteiger partial charge in [-0.3, -0.25) is 9.69 Å². The first-order valence-corrected chi connectivity index (χ1v) is 9.08. The Morgan fingerprint density at radius 2 is 1.85 bits per heavy atom. The molecular formula is C20H22ClFN2O3. The third-order valence-corrected chi connectivity index (χ3v) is 5.10. The number of benzene rings is 2. The van der Waals surface area contributed by atoms with E-state index in [-0.39, 0.29) is 11.7 Å². The summed E-state index contributed by atoms with van der Waals surface area (Å²) in [4.78, 5) is 16.7. The Hall–Kier alpha value is -2.31. The molecule has 1 amide bonds. The van der Waals surface area contributed by atoms with Crippen molar-refractivity contribution in [2.45, 2.75) is 6.54 Å². The fourth-order valence-electron chi connectivity index (χ4n) is 3.16. The van der Waals surface area contributed by atoms with E-state index in [9.17, 15) is 9.18 Å². The number of nitrogens with zero attached hydrogens (tertiary/aromatic N) is 2. The number of carbonyl (C=O) groups excluding carboxylic acids is 1. The summed E-state index contributed by atoms with van der Waals surface area (Å²) in [6.45, 7) is 2.84. The molecule has 0 N–H and O–H groups in total. The minimum absolute atomic E-state index is 0.0851. The molecule has 0 aromatic heterocycles. The molecule has 5 nitrogen and oxygen atoms in total. The zero-order valence-corrected chi connectivity index (χ0v) is 16.1. The Morgan fingerprint density at radius 3 is 2.48 bits per heavy atom. The molecule has 0 radical (unpaired) electrons. The van der Waals surface area contributed by atoms with Gasteiger partial charge in [-0.2, -0.15) is 0 Å². The molecule has 1 aliphatic heterocycles. The molecule has 3 rings (SSSR count). The maximum absolute atomic E-state index is 14.0. The van der Waals surface area contributed by atoms with Crippen LogP contribution in [0.2, 0.25) is 5.02 Å². The molecule has 0 aliphatic carbocycles. The smallest absolute Gasteiger partial charge is 0.257 e. The van der Waals surface area contributed by atoms with E-state index < -0.39 is 0 Å². The zero-order valence-electron chi connectivity index (χ0n) is 15.4. The van der Waals surface area contributed by atoms with E-state index in [1.165, 1.54) is 13.2 Å². The monoisotopic (exact) mass is 392 g/mol. The van der Waals surface area contributed by atoms with Crippen LogP contribution < -0.4 is 9.47 Å². The summed E-state index contributed by atoms with van der Waals surface area (Å²) >= 11 is 6.11. The first-order chi connectivity index (χ1) is 13.0. The zero-order chi connectivity index (χ0) is 19.4. The average Bonchev–Trinajstić information content (AvgIpc) is 2.70. The topological polar surface area (TPSA) is 42.0 Å². The van der Waals surface area contributed by atoms with Crippen molar-refractivity contribution in [3.63, 3.8) is 0 Å². The Bertz CT molecular complexity index is 803. The van der Waals surface area contributed by atoms with Crippen LogP contribution in [0, 0.1) is 5.82 Å². The lowest BCUT2D eigenvalue weighted by Gasteiger charge is -2.35. The lowest BCUT2D eigenvalue weighted by atomic mass is 10.1. The van der Waals surface area contributed by atoms with Crippen LogP contribution in [-0.2, 0) is 6.54 Å². The van der Waals surface area contributed by atoms with Gasteiger partial charge in [-0.05, 0) is 24.3 Å². The molecule has 0 bridgehead atoms. The number of hydrogen-bond acceptors (Lipinski definition) is 4. The van der Waals surface area contributed by atoms with Gasteiger partial charge in [-0.1, -0.05) is 17.7 Å². The third-order valence-electron chi connectivity index (χ3n) is 4.74. The van der Waals surface area contributed by atoms with Crippen molar-refractivity contribution < 1.29 is 18.7 Å². The Kier molecular flexibility index (Phi) is 6.19. The largest absolute Gasteiger partial charge is 0.497 e. The highest BCUT2D eigenvalue weighted by Crippen LogP contribution is 2.26. The van der Waals surface area contributed by atoms with Crippen molar-refractivity contribution in [1.29, 1.82) is 0 Å². The van der Waals surface area contributed by atoms with Crippen LogP contribution in [0.3, 0.4) is 0 Å². The summed E-state index contributed by atoms with van der Waals surface area (Å²) in [6, 6.07) is 9.86. The molecule has 0 saturated carbocycles. The van der Waals surface area contributed by atoms with E-state index in [0.29, 0.717) is 60.4 Å². The summed E-state index contributed by atoms with van der Waals surface area (Å²) < 4.78 is 24.5. The minimum Gasteiger partial charge on any atom is -0.497 e. The van der Waals surface area contributed by atoms with Gasteiger partial charge in [0.2, 0.25) is 0 Å². The van der Waals surface area contributed by atoms with Gasteiger partial charge in [0.15, 0.2) is 0 Å². The summed E-state index contributed by atoms with van der Waals surface area (Å²) in [5.41, 5.74) is 1.000. The van der Waals surface area contributed by atoms with E-state index in [0.717, 1.165) is 0 Å². The first kappa shape index (κ1) is 19.5. The summed E-state index contributed by atoms with van der Waals surface area (Å²) in [6.07, 6.45) is 0. The van der Waals surface area contributed by atoms with Crippen LogP contribution in [0.5, 0.6) is 11.5 Å². The fourth-order valence-corrected chi connectivity index (χ4v) is 3.38. The molecular weight excluding hydrogens is 371 g/mol. The summed E-state index contributed by atoms with van der Waals surface area (Å²) in [5, 5.41) is 0.427. The molecule has 0 spiro atoms. The Morgan fingerprint density at radius 1 is 1.11 bits per heavy atom. The number of halogens is 2. The molecule has 7 heteroatoms. The van der Waals surface area contributed by atoms with Crippen molar-refractivity contribution in [1.82, 2.24) is 9.80 Å². The van der Waals surface area contributed by atoms with Gasteiger partial charge in [-0.25, -0.2) is 4.39 Å². The van der Waals surface area contributed by atoms with Crippen molar-refractivity contribution in [3.05, 3.63) is 58.4 Å². The van der Waals surface area contributed by atoms with E-state index in [1.807, 2.05) is 0 Å². The molecule has 27 heavy (non-hydrogen) atoms. The van der Waals surface area contributed by atoms with Crippen molar-refractivity contribution in [3.8, 4) is 11.5 Å². The predicted molar refractivity (Wildman–Crippen MR) is 102 cm³/mol. The second-order valence-electron chi connectivity index (χ2n) is 6.33. The highest BCUT2D eigenvalue weighted by atomic mass is 35.5. The maximum Gasteiger partial charge on any atom is 0.257 e. The van der Waals surface area contributed by atoms with Gasteiger partial charge < -0.3 is 14.4 Å². The van der Waals surface area contributed by atoms with Crippen LogP contribution in [0.1, 0.15) is 15.9 Å². The van der Waals surface area contributed by atoms with Crippen LogP contribution in [0.4, 0.5) is 4.39 Å². The second kappa shape index (κ2) is 8.59. The van der Waals surface area contributed by atoms with Crippen molar-refractivity contribution >= 4 is 17.5 Å². The quantitative estimate of drug-likeness (QED) is 0.781. The number of methoxy groups -OCH3 is 2. The number of hydrogen-bond donors (Lipinski definition) is 0. The van der Waals surface area contributed by atoms with Crippen LogP contribution >= 0.6 is 11.6 Å². The molecule has 1 saturated heterocycles. The number of rotatable bonds is 5. The number of carbonyl (C=O) groups is 1. The number of piperazine rings is 1. The summed E-state index contributed by atoms with van der Waals surface area (Å²) in [7, 11) is 3.10. The lowest BCUT2D eigenvalue weighted by molar-refractivity contribution is 0.0624. The van der Waals surface area contributed by atoms with Gasteiger partial charge in [-0.15, -0.1) is 0 Å². The van der Waals surface area contributed by atoms with Gasteiger partial charge in [0.05, 0.1) is 19.8 Å². The van der Waals surface area contributed by atoms with Gasteiger partial charge in [0, 0.05) is 49.4 Å². The highest BCUT2D eigenvalue weighted by Gasteiger charge is 2.25. The van der Waals surface area contributed by atoms with Gasteiger partial charge in [0.25, 0.3) is 5.91 Å². The van der Waals surface area contributed by atoms with E-state index in [2.05, 4.69) is 4.90 Å². The minimum atomic E-state index is -0.302. The molecule has 144 valence electrons. The van der Waals surface area contributed by atoms with Crippen molar-refractivity contribution in [2.75, 3.05) is 40.4 Å². The van der Waals surface area contributed by atoms with Crippen molar-refractivity contribution in [2.24, 2.45) is 0 Å². The Balaban J connectivity index is 1.64. The standard InChI is InChI=1S/C20H22ClFN2O3/c1-26-14-6-7-15(19(12-14)27-2)20(25)24-10-8-23(9-11-24)13-16-17(21)4-3-5-18(16)22/h3-7,12H,8-11,13H2,1-2H3. The third kappa shape index (κ3) is 4.34. The molecule has 0 atom stereocenters. The summed E-state index contributed by atoms with van der Waals surface area (Å²) in [5.74, 6) is 0.733. The maximum atomic E-state index is 14.0. The van der Waals surface area contributed by atoms with Crippen LogP contribution in [-0.4, -0.2) is 56.1 Å². The second-order valence-corrected chi connectivity index (χ2v) is 6.74. The average molecular weight is 393 g/mol. The highest BCUT2D eigenvalue weighted by molar-refractivity contribution is 6.31. The Labute approximate surface area is 163 Å². The normalized spacial score (nSPS) is 14.9. The molecule has 1 fully saturated rings. The molecule has 1 heterocycles.